The van der Waals surface area contributed by atoms with Crippen LogP contribution < -0.4 is 10.5 Å². The summed E-state index contributed by atoms with van der Waals surface area (Å²) in [6.45, 7) is 2.83. The molecule has 126 valence electrons. The first kappa shape index (κ1) is 16.6. The number of rotatable bonds is 4. The van der Waals surface area contributed by atoms with Gasteiger partial charge in [0.1, 0.15) is 17.4 Å². The van der Waals surface area contributed by atoms with Crippen molar-refractivity contribution in [3.63, 3.8) is 0 Å². The van der Waals surface area contributed by atoms with E-state index in [4.69, 9.17) is 26.8 Å². The van der Waals surface area contributed by atoms with Crippen LogP contribution in [0.25, 0.3) is 0 Å². The molecular formula is C17H23ClN2O3. The average Bonchev–Trinajstić information content (AvgIpc) is 2.56. The van der Waals surface area contributed by atoms with Crippen molar-refractivity contribution in [1.29, 1.82) is 0 Å². The van der Waals surface area contributed by atoms with Crippen molar-refractivity contribution in [3.05, 3.63) is 29.3 Å². The van der Waals surface area contributed by atoms with E-state index in [9.17, 15) is 4.79 Å². The lowest BCUT2D eigenvalue weighted by Crippen LogP contribution is -2.62. The molecule has 0 saturated carbocycles. The van der Waals surface area contributed by atoms with Crippen molar-refractivity contribution in [2.24, 2.45) is 5.73 Å². The molecule has 1 amide bonds. The van der Waals surface area contributed by atoms with E-state index in [1.807, 2.05) is 24.3 Å². The van der Waals surface area contributed by atoms with Crippen LogP contribution in [-0.4, -0.2) is 48.8 Å². The summed E-state index contributed by atoms with van der Waals surface area (Å²) in [6, 6.07) is 7.47. The van der Waals surface area contributed by atoms with E-state index < -0.39 is 5.54 Å². The van der Waals surface area contributed by atoms with Gasteiger partial charge in [0.25, 0.3) is 0 Å². The van der Waals surface area contributed by atoms with E-state index >= 15 is 0 Å². The number of hydrogen-bond acceptors (Lipinski definition) is 4. The van der Waals surface area contributed by atoms with Crippen LogP contribution in [0.1, 0.15) is 25.7 Å². The van der Waals surface area contributed by atoms with Crippen LogP contribution in [-0.2, 0) is 9.53 Å². The van der Waals surface area contributed by atoms with Gasteiger partial charge in [0.05, 0.1) is 0 Å². The van der Waals surface area contributed by atoms with E-state index in [0.717, 1.165) is 31.7 Å². The van der Waals surface area contributed by atoms with Gasteiger partial charge in [0.15, 0.2) is 0 Å². The van der Waals surface area contributed by atoms with Gasteiger partial charge in [0.2, 0.25) is 5.91 Å². The number of likely N-dealkylation sites (tertiary alicyclic amines) is 1. The molecule has 2 heterocycles. The second-order valence-corrected chi connectivity index (χ2v) is 6.71. The molecule has 2 N–H and O–H groups in total. The molecule has 0 aliphatic carbocycles. The first-order valence-corrected chi connectivity index (χ1v) is 8.53. The highest BCUT2D eigenvalue weighted by Gasteiger charge is 2.45. The Morgan fingerprint density at radius 3 is 2.61 bits per heavy atom. The molecule has 5 nitrogen and oxygen atoms in total. The van der Waals surface area contributed by atoms with Crippen LogP contribution in [0.4, 0.5) is 0 Å². The maximum Gasteiger partial charge on any atom is 0.238 e. The molecule has 3 rings (SSSR count). The second kappa shape index (κ2) is 7.07. The molecule has 2 aliphatic rings. The van der Waals surface area contributed by atoms with E-state index in [2.05, 4.69) is 4.90 Å². The molecule has 23 heavy (non-hydrogen) atoms. The van der Waals surface area contributed by atoms with Crippen molar-refractivity contribution >= 4 is 17.5 Å². The van der Waals surface area contributed by atoms with Crippen LogP contribution in [0.3, 0.4) is 0 Å². The van der Waals surface area contributed by atoms with Gasteiger partial charge in [0, 0.05) is 31.3 Å². The van der Waals surface area contributed by atoms with Gasteiger partial charge in [-0.05, 0) is 43.9 Å². The summed E-state index contributed by atoms with van der Waals surface area (Å²) in [6.07, 6.45) is 3.27. The van der Waals surface area contributed by atoms with Crippen molar-refractivity contribution < 1.29 is 14.3 Å². The molecule has 0 aromatic heterocycles. The average molecular weight is 339 g/mol. The van der Waals surface area contributed by atoms with Crippen molar-refractivity contribution in [2.75, 3.05) is 26.3 Å². The largest absolute Gasteiger partial charge is 0.490 e. The fourth-order valence-electron chi connectivity index (χ4n) is 3.56. The third-order valence-corrected chi connectivity index (χ3v) is 5.16. The fraction of sp³-hybridized carbons (Fsp3) is 0.588. The van der Waals surface area contributed by atoms with Gasteiger partial charge < -0.3 is 15.2 Å². The molecule has 0 atom stereocenters. The Bertz CT molecular complexity index is 553. The molecule has 2 saturated heterocycles. The molecule has 1 aromatic rings. The fourth-order valence-corrected chi connectivity index (χ4v) is 3.74. The molecule has 2 aliphatic heterocycles. The van der Waals surface area contributed by atoms with Gasteiger partial charge >= 0.3 is 0 Å². The normalized spacial score (nSPS) is 22.7. The zero-order chi connectivity index (χ0) is 16.3. The summed E-state index contributed by atoms with van der Waals surface area (Å²) >= 11 is 5.99. The zero-order valence-electron chi connectivity index (χ0n) is 13.2. The van der Waals surface area contributed by atoms with Gasteiger partial charge in [-0.15, -0.1) is 0 Å². The number of amides is 1. The minimum Gasteiger partial charge on any atom is -0.490 e. The number of nitrogens with zero attached hydrogens (tertiary/aromatic N) is 1. The Hall–Kier alpha value is -1.30. The van der Waals surface area contributed by atoms with Gasteiger partial charge in [-0.3, -0.25) is 9.69 Å². The van der Waals surface area contributed by atoms with Crippen molar-refractivity contribution in [3.8, 4) is 5.75 Å². The van der Waals surface area contributed by atoms with Gasteiger partial charge in [-0.1, -0.05) is 17.7 Å². The summed E-state index contributed by atoms with van der Waals surface area (Å²) in [5.74, 6) is 0.571. The summed E-state index contributed by atoms with van der Waals surface area (Å²) in [5, 5.41) is 0.676. The van der Waals surface area contributed by atoms with Crippen LogP contribution >= 0.6 is 11.6 Å². The Morgan fingerprint density at radius 1 is 1.30 bits per heavy atom. The monoisotopic (exact) mass is 338 g/mol. The van der Waals surface area contributed by atoms with E-state index in [0.29, 0.717) is 31.1 Å². The van der Waals surface area contributed by atoms with Crippen LogP contribution in [0.15, 0.2) is 24.3 Å². The van der Waals surface area contributed by atoms with E-state index in [-0.39, 0.29) is 12.0 Å². The van der Waals surface area contributed by atoms with Crippen LogP contribution in [0.5, 0.6) is 5.75 Å². The highest BCUT2D eigenvalue weighted by molar-refractivity contribution is 6.30. The lowest BCUT2D eigenvalue weighted by molar-refractivity contribution is -0.139. The molecule has 0 spiro atoms. The molecule has 0 bridgehead atoms. The molecule has 0 radical (unpaired) electrons. The minimum absolute atomic E-state index is 0.148. The minimum atomic E-state index is -0.542. The molecule has 1 aromatic carbocycles. The highest BCUT2D eigenvalue weighted by atomic mass is 35.5. The number of halogens is 1. The number of nitrogens with two attached hydrogens (primary N) is 1. The van der Waals surface area contributed by atoms with E-state index in [1.165, 1.54) is 0 Å². The second-order valence-electron chi connectivity index (χ2n) is 6.27. The number of carbonyl (C=O) groups is 1. The Morgan fingerprint density at radius 2 is 2.00 bits per heavy atom. The van der Waals surface area contributed by atoms with Crippen LogP contribution in [0.2, 0.25) is 5.02 Å². The first-order chi connectivity index (χ1) is 11.1. The Labute approximate surface area is 141 Å². The SMILES string of the molecule is NC(=O)C1(N2CCC(Oc3cccc(Cl)c3)CC2)CCOCC1. The van der Waals surface area contributed by atoms with Crippen molar-refractivity contribution in [2.45, 2.75) is 37.3 Å². The van der Waals surface area contributed by atoms with Crippen LogP contribution in [0, 0.1) is 0 Å². The number of piperidine rings is 1. The zero-order valence-corrected chi connectivity index (χ0v) is 13.9. The van der Waals surface area contributed by atoms with Crippen molar-refractivity contribution in [1.82, 2.24) is 4.90 Å². The smallest absolute Gasteiger partial charge is 0.238 e. The number of primary amides is 1. The Balaban J connectivity index is 1.60. The third-order valence-electron chi connectivity index (χ3n) is 4.92. The highest BCUT2D eigenvalue weighted by Crippen LogP contribution is 2.31. The topological polar surface area (TPSA) is 64.8 Å². The summed E-state index contributed by atoms with van der Waals surface area (Å²) < 4.78 is 11.4. The van der Waals surface area contributed by atoms with Gasteiger partial charge in [-0.2, -0.15) is 0 Å². The summed E-state index contributed by atoms with van der Waals surface area (Å²) in [5.41, 5.74) is 5.18. The predicted molar refractivity (Wildman–Crippen MR) is 88.7 cm³/mol. The Kier molecular flexibility index (Phi) is 5.09. The lowest BCUT2D eigenvalue weighted by atomic mass is 9.85. The lowest BCUT2D eigenvalue weighted by Gasteiger charge is -2.46. The number of carbonyl (C=O) groups excluding carboxylic acids is 1. The molecular weight excluding hydrogens is 316 g/mol. The maximum absolute atomic E-state index is 12.1. The third kappa shape index (κ3) is 3.62. The number of ether oxygens (including phenoxy) is 2. The predicted octanol–water partition coefficient (Wildman–Crippen LogP) is 2.22. The standard InChI is InChI=1S/C17H23ClN2O3/c18-13-2-1-3-15(12-13)23-14-4-8-20(9-5-14)17(16(19)21)6-10-22-11-7-17/h1-3,12,14H,4-11H2,(H2,19,21). The molecule has 0 unspecified atom stereocenters. The maximum atomic E-state index is 12.1. The molecule has 2 fully saturated rings. The summed E-state index contributed by atoms with van der Waals surface area (Å²) in [4.78, 5) is 14.3. The quantitative estimate of drug-likeness (QED) is 0.914. The van der Waals surface area contributed by atoms with E-state index in [1.54, 1.807) is 0 Å². The molecule has 6 heteroatoms. The summed E-state index contributed by atoms with van der Waals surface area (Å²) in [7, 11) is 0. The first-order valence-electron chi connectivity index (χ1n) is 8.15. The number of hydrogen-bond donors (Lipinski definition) is 1. The van der Waals surface area contributed by atoms with Gasteiger partial charge in [-0.25, -0.2) is 0 Å². The number of benzene rings is 1.